The van der Waals surface area contributed by atoms with Gasteiger partial charge in [0.1, 0.15) is 5.76 Å². The van der Waals surface area contributed by atoms with Crippen LogP contribution in [0, 0.1) is 6.92 Å². The van der Waals surface area contributed by atoms with E-state index in [0.717, 1.165) is 23.3 Å². The molecule has 0 radical (unpaired) electrons. The summed E-state index contributed by atoms with van der Waals surface area (Å²) >= 11 is 0. The number of benzene rings is 2. The van der Waals surface area contributed by atoms with Gasteiger partial charge in [-0.2, -0.15) is 0 Å². The molecule has 0 saturated heterocycles. The van der Waals surface area contributed by atoms with Crippen LogP contribution in [0.5, 0.6) is 0 Å². The van der Waals surface area contributed by atoms with E-state index in [9.17, 15) is 8.42 Å². The minimum absolute atomic E-state index is 0.0875. The van der Waals surface area contributed by atoms with Crippen LogP contribution in [0.3, 0.4) is 0 Å². The van der Waals surface area contributed by atoms with Crippen molar-refractivity contribution in [3.05, 3.63) is 89.4 Å². The molecule has 2 aromatic carbocycles. The second-order valence-corrected chi connectivity index (χ2v) is 8.51. The van der Waals surface area contributed by atoms with E-state index in [0.29, 0.717) is 25.6 Å². The molecule has 0 unspecified atom stereocenters. The van der Waals surface area contributed by atoms with Crippen LogP contribution in [-0.2, 0) is 29.5 Å². The highest BCUT2D eigenvalue weighted by Crippen LogP contribution is 2.10. The van der Waals surface area contributed by atoms with Gasteiger partial charge in [-0.25, -0.2) is 18.5 Å². The lowest BCUT2D eigenvalue weighted by molar-refractivity contribution is 0.506. The molecule has 158 valence electrons. The number of furan rings is 1. The van der Waals surface area contributed by atoms with Crippen LogP contribution in [0.2, 0.25) is 0 Å². The summed E-state index contributed by atoms with van der Waals surface area (Å²) in [5.74, 6) is 1.57. The van der Waals surface area contributed by atoms with Crippen LogP contribution in [0.1, 0.15) is 22.5 Å². The van der Waals surface area contributed by atoms with Gasteiger partial charge in [0.2, 0.25) is 10.0 Å². The van der Waals surface area contributed by atoms with E-state index in [1.807, 2.05) is 12.1 Å². The van der Waals surface area contributed by atoms with E-state index < -0.39 is 10.0 Å². The van der Waals surface area contributed by atoms with Gasteiger partial charge in [0.15, 0.2) is 5.96 Å². The van der Waals surface area contributed by atoms with Crippen molar-refractivity contribution in [3.63, 3.8) is 0 Å². The van der Waals surface area contributed by atoms with Crippen molar-refractivity contribution in [3.8, 4) is 0 Å². The van der Waals surface area contributed by atoms with Gasteiger partial charge >= 0.3 is 0 Å². The zero-order valence-corrected chi connectivity index (χ0v) is 17.7. The third kappa shape index (κ3) is 6.75. The van der Waals surface area contributed by atoms with Gasteiger partial charge in [-0.3, -0.25) is 0 Å². The SMILES string of the molecule is Cc1ccc(CNC(=NCc2ccc(S(N)(=O)=O)cc2)NCCc2ccco2)cc1. The minimum atomic E-state index is -3.70. The lowest BCUT2D eigenvalue weighted by atomic mass is 10.1. The topological polar surface area (TPSA) is 110 Å². The van der Waals surface area contributed by atoms with Crippen molar-refractivity contribution in [1.82, 2.24) is 10.6 Å². The zero-order valence-electron chi connectivity index (χ0n) is 16.8. The molecule has 3 rings (SSSR count). The summed E-state index contributed by atoms with van der Waals surface area (Å²) < 4.78 is 28.1. The van der Waals surface area contributed by atoms with Crippen molar-refractivity contribution < 1.29 is 12.8 Å². The standard InChI is InChI=1S/C22H26N4O3S/c1-17-4-6-18(7-5-17)15-25-22(24-13-12-20-3-2-14-29-20)26-16-19-8-10-21(11-9-19)30(23,27)28/h2-11,14H,12-13,15-16H2,1H3,(H2,23,27,28)(H2,24,25,26). The first-order valence-corrected chi connectivity index (χ1v) is 11.2. The Bertz CT molecular complexity index is 1060. The van der Waals surface area contributed by atoms with E-state index in [1.54, 1.807) is 18.4 Å². The Morgan fingerprint density at radius 2 is 1.70 bits per heavy atom. The number of hydrogen-bond donors (Lipinski definition) is 3. The lowest BCUT2D eigenvalue weighted by Gasteiger charge is -2.13. The molecule has 0 aliphatic heterocycles. The van der Waals surface area contributed by atoms with E-state index >= 15 is 0 Å². The molecule has 0 bridgehead atoms. The number of sulfonamides is 1. The Kier molecular flexibility index (Phi) is 7.26. The molecule has 0 fully saturated rings. The number of nitrogens with two attached hydrogens (primary N) is 1. The summed E-state index contributed by atoms with van der Waals surface area (Å²) in [4.78, 5) is 4.71. The number of nitrogens with one attached hydrogen (secondary N) is 2. The molecular weight excluding hydrogens is 400 g/mol. The molecule has 7 nitrogen and oxygen atoms in total. The second kappa shape index (κ2) is 10.1. The number of guanidine groups is 1. The average molecular weight is 427 g/mol. The zero-order chi connectivity index (χ0) is 21.4. The Hall–Kier alpha value is -3.10. The maximum Gasteiger partial charge on any atom is 0.238 e. The van der Waals surface area contributed by atoms with Crippen LogP contribution >= 0.6 is 0 Å². The van der Waals surface area contributed by atoms with Crippen molar-refractivity contribution in [2.45, 2.75) is 31.3 Å². The van der Waals surface area contributed by atoms with Gasteiger partial charge in [0.05, 0.1) is 17.7 Å². The van der Waals surface area contributed by atoms with Crippen molar-refractivity contribution >= 4 is 16.0 Å². The van der Waals surface area contributed by atoms with Crippen LogP contribution in [0.25, 0.3) is 0 Å². The number of nitrogens with zero attached hydrogens (tertiary/aromatic N) is 1. The average Bonchev–Trinajstić information content (AvgIpc) is 3.24. The van der Waals surface area contributed by atoms with Crippen molar-refractivity contribution in [2.24, 2.45) is 10.1 Å². The lowest BCUT2D eigenvalue weighted by Crippen LogP contribution is -2.38. The Balaban J connectivity index is 1.64. The van der Waals surface area contributed by atoms with E-state index in [4.69, 9.17) is 9.56 Å². The molecule has 0 aliphatic rings. The van der Waals surface area contributed by atoms with Gasteiger partial charge < -0.3 is 15.1 Å². The number of aryl methyl sites for hydroxylation is 1. The number of hydrogen-bond acceptors (Lipinski definition) is 4. The summed E-state index contributed by atoms with van der Waals surface area (Å²) in [7, 11) is -3.70. The molecule has 1 aromatic heterocycles. The molecular formula is C22H26N4O3S. The molecule has 30 heavy (non-hydrogen) atoms. The Morgan fingerprint density at radius 3 is 2.33 bits per heavy atom. The molecule has 0 saturated carbocycles. The van der Waals surface area contributed by atoms with E-state index in [1.165, 1.54) is 17.7 Å². The number of aliphatic imine (C=N–C) groups is 1. The summed E-state index contributed by atoms with van der Waals surface area (Å²) in [6, 6.07) is 18.5. The third-order valence-electron chi connectivity index (χ3n) is 4.50. The van der Waals surface area contributed by atoms with E-state index in [-0.39, 0.29) is 4.90 Å². The third-order valence-corrected chi connectivity index (χ3v) is 5.43. The number of primary sulfonamides is 1. The van der Waals surface area contributed by atoms with Gasteiger partial charge in [-0.05, 0) is 42.3 Å². The first-order chi connectivity index (χ1) is 14.4. The smallest absolute Gasteiger partial charge is 0.238 e. The largest absolute Gasteiger partial charge is 0.469 e. The van der Waals surface area contributed by atoms with Crippen LogP contribution in [-0.4, -0.2) is 20.9 Å². The quantitative estimate of drug-likeness (QED) is 0.379. The Morgan fingerprint density at radius 1 is 1.00 bits per heavy atom. The molecule has 0 atom stereocenters. The molecule has 8 heteroatoms. The minimum Gasteiger partial charge on any atom is -0.469 e. The summed E-state index contributed by atoms with van der Waals surface area (Å²) in [6.07, 6.45) is 2.40. The van der Waals surface area contributed by atoms with Crippen LogP contribution in [0.15, 0.2) is 81.2 Å². The molecule has 1 heterocycles. The first-order valence-electron chi connectivity index (χ1n) is 9.62. The summed E-state index contributed by atoms with van der Waals surface area (Å²) in [5.41, 5.74) is 3.25. The van der Waals surface area contributed by atoms with Crippen LogP contribution in [0.4, 0.5) is 0 Å². The summed E-state index contributed by atoms with van der Waals surface area (Å²) in [6.45, 7) is 3.76. The monoisotopic (exact) mass is 426 g/mol. The molecule has 0 spiro atoms. The molecule has 0 amide bonds. The summed E-state index contributed by atoms with van der Waals surface area (Å²) in [5, 5.41) is 11.8. The fourth-order valence-electron chi connectivity index (χ4n) is 2.78. The van der Waals surface area contributed by atoms with Gasteiger partial charge in [0.25, 0.3) is 0 Å². The van der Waals surface area contributed by atoms with Crippen LogP contribution < -0.4 is 15.8 Å². The Labute approximate surface area is 177 Å². The predicted molar refractivity (Wildman–Crippen MR) is 117 cm³/mol. The number of rotatable bonds is 8. The molecule has 0 aliphatic carbocycles. The van der Waals surface area contributed by atoms with Gasteiger partial charge in [0, 0.05) is 19.5 Å². The van der Waals surface area contributed by atoms with Gasteiger partial charge in [-0.1, -0.05) is 42.0 Å². The maximum atomic E-state index is 11.4. The van der Waals surface area contributed by atoms with Crippen molar-refractivity contribution in [1.29, 1.82) is 0 Å². The second-order valence-electron chi connectivity index (χ2n) is 6.95. The maximum absolute atomic E-state index is 11.4. The highest BCUT2D eigenvalue weighted by molar-refractivity contribution is 7.89. The molecule has 4 N–H and O–H groups in total. The first kappa shape index (κ1) is 21.6. The fraction of sp³-hybridized carbons (Fsp3) is 0.227. The highest BCUT2D eigenvalue weighted by atomic mass is 32.2. The van der Waals surface area contributed by atoms with Gasteiger partial charge in [-0.15, -0.1) is 0 Å². The van der Waals surface area contributed by atoms with E-state index in [2.05, 4.69) is 46.8 Å². The fourth-order valence-corrected chi connectivity index (χ4v) is 3.30. The van der Waals surface area contributed by atoms with Crippen molar-refractivity contribution in [2.75, 3.05) is 6.54 Å². The predicted octanol–water partition coefficient (Wildman–Crippen LogP) is 2.71. The highest BCUT2D eigenvalue weighted by Gasteiger charge is 2.07. The normalized spacial score (nSPS) is 12.0. The molecule has 3 aromatic rings.